The third-order valence-electron chi connectivity index (χ3n) is 5.10. The first-order valence-corrected chi connectivity index (χ1v) is 9.23. The number of aromatic amines is 1. The van der Waals surface area contributed by atoms with E-state index in [4.69, 9.17) is 17.3 Å². The normalized spacial score (nSPS) is 18.7. The van der Waals surface area contributed by atoms with Crippen molar-refractivity contribution in [1.82, 2.24) is 15.1 Å². The minimum absolute atomic E-state index is 0.634. The second-order valence-electron chi connectivity index (χ2n) is 7.09. The number of anilines is 1. The van der Waals surface area contributed by atoms with Crippen LogP contribution in [0.5, 0.6) is 0 Å². The molecule has 3 N–H and O–H groups in total. The summed E-state index contributed by atoms with van der Waals surface area (Å²) in [6.07, 6.45) is 5.57. The molecule has 4 nitrogen and oxygen atoms in total. The van der Waals surface area contributed by atoms with E-state index >= 15 is 0 Å². The molecule has 0 amide bonds. The number of hydrogen-bond acceptors (Lipinski definition) is 3. The summed E-state index contributed by atoms with van der Waals surface area (Å²) in [6, 6.07) is 12.6. The number of fused-ring (bicyclic) bond motifs is 1. The number of benzene rings is 2. The Labute approximate surface area is 153 Å². The Bertz CT molecular complexity index is 873. The summed E-state index contributed by atoms with van der Waals surface area (Å²) in [4.78, 5) is 2.53. The van der Waals surface area contributed by atoms with Crippen molar-refractivity contribution in [2.45, 2.75) is 25.8 Å². The standard InChI is InChI=1S/C20H23ClN4/c21-18-5-3-16(10-19(18)22)13-25-7-1-2-15(12-25)8-14-4-6-20-17(9-14)11-23-24-20/h3-6,9-11,15H,1-2,7-8,12-13,22H2,(H,23,24). The van der Waals surface area contributed by atoms with Crippen molar-refractivity contribution in [1.29, 1.82) is 0 Å². The van der Waals surface area contributed by atoms with E-state index in [2.05, 4.69) is 39.4 Å². The van der Waals surface area contributed by atoms with Gasteiger partial charge in [-0.1, -0.05) is 23.7 Å². The molecule has 0 aliphatic carbocycles. The van der Waals surface area contributed by atoms with Gasteiger partial charge in [0.15, 0.2) is 0 Å². The molecule has 1 saturated heterocycles. The highest BCUT2D eigenvalue weighted by Gasteiger charge is 2.20. The molecule has 130 valence electrons. The number of halogens is 1. The summed E-state index contributed by atoms with van der Waals surface area (Å²) < 4.78 is 0. The number of nitrogens with two attached hydrogens (primary N) is 1. The monoisotopic (exact) mass is 354 g/mol. The molecule has 0 spiro atoms. The number of aromatic nitrogens is 2. The Morgan fingerprint density at radius 1 is 1.20 bits per heavy atom. The quantitative estimate of drug-likeness (QED) is 0.688. The molecule has 25 heavy (non-hydrogen) atoms. The average molecular weight is 355 g/mol. The van der Waals surface area contributed by atoms with E-state index in [0.29, 0.717) is 16.6 Å². The molecule has 1 unspecified atom stereocenters. The highest BCUT2D eigenvalue weighted by molar-refractivity contribution is 6.33. The van der Waals surface area contributed by atoms with E-state index in [9.17, 15) is 0 Å². The van der Waals surface area contributed by atoms with Crippen LogP contribution in [0.2, 0.25) is 5.02 Å². The third kappa shape index (κ3) is 3.80. The molecular formula is C20H23ClN4. The molecule has 1 aromatic heterocycles. The fourth-order valence-corrected chi connectivity index (χ4v) is 3.98. The number of nitrogens with zero attached hydrogens (tertiary/aromatic N) is 2. The molecule has 5 heteroatoms. The van der Waals surface area contributed by atoms with Crippen LogP contribution in [0.25, 0.3) is 10.9 Å². The van der Waals surface area contributed by atoms with E-state index < -0.39 is 0 Å². The van der Waals surface area contributed by atoms with Gasteiger partial charge in [0, 0.05) is 18.5 Å². The fourth-order valence-electron chi connectivity index (χ4n) is 3.86. The predicted octanol–water partition coefficient (Wildman–Crippen LogP) is 4.25. The first-order valence-electron chi connectivity index (χ1n) is 8.85. The van der Waals surface area contributed by atoms with Gasteiger partial charge in [0.05, 0.1) is 22.4 Å². The molecule has 3 aromatic rings. The lowest BCUT2D eigenvalue weighted by Gasteiger charge is -2.33. The van der Waals surface area contributed by atoms with Crippen LogP contribution in [0.3, 0.4) is 0 Å². The fraction of sp³-hybridized carbons (Fsp3) is 0.350. The number of rotatable bonds is 4. The number of nitrogen functional groups attached to an aromatic ring is 1. The smallest absolute Gasteiger partial charge is 0.0650 e. The van der Waals surface area contributed by atoms with Gasteiger partial charge < -0.3 is 5.73 Å². The lowest BCUT2D eigenvalue weighted by atomic mass is 9.90. The van der Waals surface area contributed by atoms with Gasteiger partial charge in [-0.3, -0.25) is 10.00 Å². The zero-order chi connectivity index (χ0) is 17.2. The van der Waals surface area contributed by atoms with Crippen molar-refractivity contribution < 1.29 is 0 Å². The van der Waals surface area contributed by atoms with Crippen LogP contribution in [0.1, 0.15) is 24.0 Å². The molecule has 1 atom stereocenters. The van der Waals surface area contributed by atoms with Crippen molar-refractivity contribution in [3.63, 3.8) is 0 Å². The largest absolute Gasteiger partial charge is 0.398 e. The second kappa shape index (κ2) is 7.06. The topological polar surface area (TPSA) is 57.9 Å². The molecule has 1 aliphatic rings. The van der Waals surface area contributed by atoms with E-state index in [1.165, 1.54) is 29.4 Å². The number of nitrogens with one attached hydrogen (secondary N) is 1. The van der Waals surface area contributed by atoms with Gasteiger partial charge in [0.1, 0.15) is 0 Å². The van der Waals surface area contributed by atoms with Crippen LogP contribution in [0, 0.1) is 5.92 Å². The summed E-state index contributed by atoms with van der Waals surface area (Å²) in [5, 5.41) is 8.95. The lowest BCUT2D eigenvalue weighted by Crippen LogP contribution is -2.35. The Kier molecular flexibility index (Phi) is 4.64. The maximum atomic E-state index is 6.02. The van der Waals surface area contributed by atoms with Crippen LogP contribution in [-0.2, 0) is 13.0 Å². The van der Waals surface area contributed by atoms with E-state index in [-0.39, 0.29) is 0 Å². The molecule has 1 fully saturated rings. The van der Waals surface area contributed by atoms with Gasteiger partial charge in [-0.15, -0.1) is 0 Å². The van der Waals surface area contributed by atoms with Gasteiger partial charge in [0.25, 0.3) is 0 Å². The Morgan fingerprint density at radius 3 is 2.96 bits per heavy atom. The Balaban J connectivity index is 1.40. The van der Waals surface area contributed by atoms with Crippen molar-refractivity contribution in [2.24, 2.45) is 5.92 Å². The van der Waals surface area contributed by atoms with Crippen LogP contribution in [0.15, 0.2) is 42.6 Å². The zero-order valence-corrected chi connectivity index (χ0v) is 15.0. The summed E-state index contributed by atoms with van der Waals surface area (Å²) in [5.74, 6) is 0.697. The van der Waals surface area contributed by atoms with Crippen LogP contribution in [-0.4, -0.2) is 28.2 Å². The van der Waals surface area contributed by atoms with Crippen molar-refractivity contribution in [3.05, 3.63) is 58.7 Å². The van der Waals surface area contributed by atoms with Crippen molar-refractivity contribution in [3.8, 4) is 0 Å². The first-order chi connectivity index (χ1) is 12.2. The summed E-state index contributed by atoms with van der Waals surface area (Å²) in [6.45, 7) is 3.23. The van der Waals surface area contributed by atoms with Gasteiger partial charge in [-0.25, -0.2) is 0 Å². The minimum Gasteiger partial charge on any atom is -0.398 e. The van der Waals surface area contributed by atoms with E-state index in [1.54, 1.807) is 0 Å². The SMILES string of the molecule is Nc1cc(CN2CCCC(Cc3ccc4[nH]ncc4c3)C2)ccc1Cl. The number of H-pyrrole nitrogens is 1. The highest BCUT2D eigenvalue weighted by Crippen LogP contribution is 2.25. The summed E-state index contributed by atoms with van der Waals surface area (Å²) >= 11 is 6.02. The Hall–Kier alpha value is -2.04. The molecule has 4 rings (SSSR count). The van der Waals surface area contributed by atoms with E-state index in [0.717, 1.165) is 31.6 Å². The predicted molar refractivity (Wildman–Crippen MR) is 104 cm³/mol. The van der Waals surface area contributed by atoms with Crippen LogP contribution < -0.4 is 5.73 Å². The van der Waals surface area contributed by atoms with Crippen LogP contribution >= 0.6 is 11.6 Å². The molecule has 0 radical (unpaired) electrons. The zero-order valence-electron chi connectivity index (χ0n) is 14.2. The Morgan fingerprint density at radius 2 is 2.08 bits per heavy atom. The second-order valence-corrected chi connectivity index (χ2v) is 7.50. The van der Waals surface area contributed by atoms with Gasteiger partial charge >= 0.3 is 0 Å². The minimum atomic E-state index is 0.634. The highest BCUT2D eigenvalue weighted by atomic mass is 35.5. The maximum absolute atomic E-state index is 6.02. The summed E-state index contributed by atoms with van der Waals surface area (Å²) in [5.41, 5.74) is 10.3. The van der Waals surface area contributed by atoms with Gasteiger partial charge in [0.2, 0.25) is 0 Å². The van der Waals surface area contributed by atoms with Crippen molar-refractivity contribution >= 4 is 28.2 Å². The van der Waals surface area contributed by atoms with Crippen molar-refractivity contribution in [2.75, 3.05) is 18.8 Å². The van der Waals surface area contributed by atoms with E-state index in [1.807, 2.05) is 18.3 Å². The number of hydrogen-bond donors (Lipinski definition) is 2. The molecular weight excluding hydrogens is 332 g/mol. The first kappa shape index (κ1) is 16.4. The lowest BCUT2D eigenvalue weighted by molar-refractivity contribution is 0.167. The third-order valence-corrected chi connectivity index (χ3v) is 5.44. The van der Waals surface area contributed by atoms with Crippen LogP contribution in [0.4, 0.5) is 5.69 Å². The molecule has 2 aromatic carbocycles. The molecule has 0 bridgehead atoms. The molecule has 2 heterocycles. The molecule has 1 aliphatic heterocycles. The average Bonchev–Trinajstić information content (AvgIpc) is 3.06. The summed E-state index contributed by atoms with van der Waals surface area (Å²) in [7, 11) is 0. The number of piperidine rings is 1. The maximum Gasteiger partial charge on any atom is 0.0650 e. The molecule has 0 saturated carbocycles. The van der Waals surface area contributed by atoms with Gasteiger partial charge in [-0.2, -0.15) is 5.10 Å². The number of likely N-dealkylation sites (tertiary alicyclic amines) is 1. The van der Waals surface area contributed by atoms with Gasteiger partial charge in [-0.05, 0) is 67.1 Å².